The van der Waals surface area contributed by atoms with Crippen LogP contribution in [0.2, 0.25) is 0 Å². The van der Waals surface area contributed by atoms with Gasteiger partial charge in [0.15, 0.2) is 0 Å². The molecule has 1 aliphatic carbocycles. The highest BCUT2D eigenvalue weighted by atomic mass is 16.2. The number of carbonyl (C=O) groups is 2. The van der Waals surface area contributed by atoms with Crippen LogP contribution in [0.5, 0.6) is 0 Å². The van der Waals surface area contributed by atoms with Gasteiger partial charge in [0.05, 0.1) is 11.3 Å². The molecule has 1 heterocycles. The van der Waals surface area contributed by atoms with E-state index in [1.54, 1.807) is 0 Å². The summed E-state index contributed by atoms with van der Waals surface area (Å²) in [7, 11) is 2.07. The molecule has 0 bridgehead atoms. The van der Waals surface area contributed by atoms with E-state index in [0.717, 1.165) is 51.9 Å². The van der Waals surface area contributed by atoms with Gasteiger partial charge in [0.25, 0.3) is 5.91 Å². The maximum absolute atomic E-state index is 12.8. The van der Waals surface area contributed by atoms with Crippen molar-refractivity contribution in [2.24, 2.45) is 5.92 Å². The Bertz CT molecular complexity index is 573. The monoisotopic (exact) mass is 315 g/mol. The van der Waals surface area contributed by atoms with Gasteiger partial charge < -0.3 is 15.1 Å². The van der Waals surface area contributed by atoms with E-state index in [1.807, 2.05) is 29.2 Å². The van der Waals surface area contributed by atoms with Gasteiger partial charge in [-0.15, -0.1) is 0 Å². The summed E-state index contributed by atoms with van der Waals surface area (Å²) < 4.78 is 0. The molecule has 1 saturated carbocycles. The molecule has 0 spiro atoms. The number of benzene rings is 1. The second-order valence-corrected chi connectivity index (χ2v) is 6.61. The van der Waals surface area contributed by atoms with E-state index >= 15 is 0 Å². The number of para-hydroxylation sites is 1. The topological polar surface area (TPSA) is 52.6 Å². The second-order valence-electron chi connectivity index (χ2n) is 6.61. The average molecular weight is 315 g/mol. The minimum Gasteiger partial charge on any atom is -0.336 e. The first-order valence-electron chi connectivity index (χ1n) is 8.53. The Morgan fingerprint density at radius 2 is 1.70 bits per heavy atom. The van der Waals surface area contributed by atoms with Crippen LogP contribution >= 0.6 is 0 Å². The summed E-state index contributed by atoms with van der Waals surface area (Å²) in [5, 5.41) is 2.98. The number of rotatable bonds is 3. The molecule has 5 nitrogen and oxygen atoms in total. The molecule has 0 unspecified atom stereocenters. The molecular weight excluding hydrogens is 290 g/mol. The highest BCUT2D eigenvalue weighted by Crippen LogP contribution is 2.27. The molecule has 2 amide bonds. The zero-order valence-electron chi connectivity index (χ0n) is 13.8. The van der Waals surface area contributed by atoms with Crippen molar-refractivity contribution in [2.75, 3.05) is 38.5 Å². The number of likely N-dealkylation sites (N-methyl/N-ethyl adjacent to an activating group) is 1. The summed E-state index contributed by atoms with van der Waals surface area (Å²) >= 11 is 0. The number of piperazine rings is 1. The van der Waals surface area contributed by atoms with Gasteiger partial charge in [-0.25, -0.2) is 0 Å². The molecule has 0 aromatic heterocycles. The molecule has 0 radical (unpaired) electrons. The molecule has 23 heavy (non-hydrogen) atoms. The van der Waals surface area contributed by atoms with Crippen LogP contribution in [0.15, 0.2) is 24.3 Å². The minimum atomic E-state index is 0.0143. The van der Waals surface area contributed by atoms with Crippen molar-refractivity contribution in [2.45, 2.75) is 25.7 Å². The highest BCUT2D eigenvalue weighted by molar-refractivity contribution is 6.04. The van der Waals surface area contributed by atoms with E-state index in [-0.39, 0.29) is 17.7 Å². The van der Waals surface area contributed by atoms with Crippen molar-refractivity contribution in [3.63, 3.8) is 0 Å². The van der Waals surface area contributed by atoms with E-state index in [9.17, 15) is 9.59 Å². The van der Waals surface area contributed by atoms with Gasteiger partial charge in [-0.3, -0.25) is 9.59 Å². The fraction of sp³-hybridized carbons (Fsp3) is 0.556. The van der Waals surface area contributed by atoms with Crippen LogP contribution in [0.1, 0.15) is 36.0 Å². The summed E-state index contributed by atoms with van der Waals surface area (Å²) in [5.41, 5.74) is 1.25. The van der Waals surface area contributed by atoms with Crippen molar-refractivity contribution in [1.82, 2.24) is 9.80 Å². The first-order valence-corrected chi connectivity index (χ1v) is 8.53. The SMILES string of the molecule is CN1CCN(C(=O)c2ccccc2NC(=O)C2CCCC2)CC1. The fourth-order valence-corrected chi connectivity index (χ4v) is 3.38. The first kappa shape index (κ1) is 16.0. The minimum absolute atomic E-state index is 0.0143. The molecule has 1 aromatic carbocycles. The summed E-state index contributed by atoms with van der Waals surface area (Å²) in [4.78, 5) is 29.2. The number of nitrogens with one attached hydrogen (secondary N) is 1. The van der Waals surface area contributed by atoms with E-state index in [2.05, 4.69) is 17.3 Å². The Balaban J connectivity index is 1.72. The quantitative estimate of drug-likeness (QED) is 0.930. The van der Waals surface area contributed by atoms with Crippen LogP contribution < -0.4 is 5.32 Å². The second kappa shape index (κ2) is 7.13. The lowest BCUT2D eigenvalue weighted by Crippen LogP contribution is -2.47. The maximum Gasteiger partial charge on any atom is 0.256 e. The Hall–Kier alpha value is -1.88. The van der Waals surface area contributed by atoms with Crippen molar-refractivity contribution in [3.8, 4) is 0 Å². The standard InChI is InChI=1S/C18H25N3O2/c1-20-10-12-21(13-11-20)18(23)15-8-4-5-9-16(15)19-17(22)14-6-2-3-7-14/h4-5,8-9,14H,2-3,6-7,10-13H2,1H3,(H,19,22). The van der Waals surface area contributed by atoms with Crippen LogP contribution in [-0.4, -0.2) is 54.8 Å². The van der Waals surface area contributed by atoms with Gasteiger partial charge in [0.2, 0.25) is 5.91 Å². The average Bonchev–Trinajstić information content (AvgIpc) is 3.10. The molecule has 1 saturated heterocycles. The molecule has 1 aliphatic heterocycles. The highest BCUT2D eigenvalue weighted by Gasteiger charge is 2.26. The molecular formula is C18H25N3O2. The van der Waals surface area contributed by atoms with E-state index in [4.69, 9.17) is 0 Å². The first-order chi connectivity index (χ1) is 11.1. The molecule has 0 atom stereocenters. The number of hydrogen-bond donors (Lipinski definition) is 1. The number of amides is 2. The van der Waals surface area contributed by atoms with Gasteiger partial charge in [0.1, 0.15) is 0 Å². The van der Waals surface area contributed by atoms with E-state index < -0.39 is 0 Å². The van der Waals surface area contributed by atoms with Gasteiger partial charge >= 0.3 is 0 Å². The predicted octanol–water partition coefficient (Wildman–Crippen LogP) is 2.20. The molecule has 3 rings (SSSR count). The number of hydrogen-bond acceptors (Lipinski definition) is 3. The molecule has 5 heteroatoms. The molecule has 124 valence electrons. The Morgan fingerprint density at radius 3 is 2.39 bits per heavy atom. The third kappa shape index (κ3) is 3.72. The Morgan fingerprint density at radius 1 is 1.04 bits per heavy atom. The van der Waals surface area contributed by atoms with Gasteiger partial charge in [-0.2, -0.15) is 0 Å². The van der Waals surface area contributed by atoms with Crippen molar-refractivity contribution in [1.29, 1.82) is 0 Å². The number of carbonyl (C=O) groups excluding carboxylic acids is 2. The Labute approximate surface area is 137 Å². The van der Waals surface area contributed by atoms with Crippen LogP contribution in [0.4, 0.5) is 5.69 Å². The molecule has 2 fully saturated rings. The lowest BCUT2D eigenvalue weighted by molar-refractivity contribution is -0.119. The number of anilines is 1. The summed E-state index contributed by atoms with van der Waals surface area (Å²) in [6.45, 7) is 3.26. The van der Waals surface area contributed by atoms with Crippen LogP contribution in [0, 0.1) is 5.92 Å². The molecule has 1 aromatic rings. The van der Waals surface area contributed by atoms with Crippen LogP contribution in [-0.2, 0) is 4.79 Å². The van der Waals surface area contributed by atoms with E-state index in [0.29, 0.717) is 11.3 Å². The van der Waals surface area contributed by atoms with Crippen LogP contribution in [0.25, 0.3) is 0 Å². The third-order valence-corrected chi connectivity index (χ3v) is 4.93. The molecule has 1 N–H and O–H groups in total. The van der Waals surface area contributed by atoms with Gasteiger partial charge in [-0.1, -0.05) is 25.0 Å². The maximum atomic E-state index is 12.8. The lowest BCUT2D eigenvalue weighted by Gasteiger charge is -2.32. The number of nitrogens with zero attached hydrogens (tertiary/aromatic N) is 2. The normalized spacial score (nSPS) is 19.8. The lowest BCUT2D eigenvalue weighted by atomic mass is 10.1. The summed E-state index contributed by atoms with van der Waals surface area (Å²) in [5.74, 6) is 0.170. The summed E-state index contributed by atoms with van der Waals surface area (Å²) in [6, 6.07) is 7.36. The van der Waals surface area contributed by atoms with E-state index in [1.165, 1.54) is 0 Å². The summed E-state index contributed by atoms with van der Waals surface area (Å²) in [6.07, 6.45) is 4.17. The smallest absolute Gasteiger partial charge is 0.256 e. The third-order valence-electron chi connectivity index (χ3n) is 4.93. The fourth-order valence-electron chi connectivity index (χ4n) is 3.38. The van der Waals surface area contributed by atoms with Crippen molar-refractivity contribution < 1.29 is 9.59 Å². The van der Waals surface area contributed by atoms with Crippen LogP contribution in [0.3, 0.4) is 0 Å². The molecule has 2 aliphatic rings. The zero-order valence-corrected chi connectivity index (χ0v) is 13.8. The zero-order chi connectivity index (χ0) is 16.2. The van der Waals surface area contributed by atoms with Crippen molar-refractivity contribution in [3.05, 3.63) is 29.8 Å². The van der Waals surface area contributed by atoms with Crippen molar-refractivity contribution >= 4 is 17.5 Å². The predicted molar refractivity (Wildman–Crippen MR) is 90.4 cm³/mol. The Kier molecular flexibility index (Phi) is 4.96. The van der Waals surface area contributed by atoms with Gasteiger partial charge in [-0.05, 0) is 32.0 Å². The van der Waals surface area contributed by atoms with Gasteiger partial charge in [0, 0.05) is 32.1 Å². The largest absolute Gasteiger partial charge is 0.336 e.